The molecule has 1 atom stereocenters. The number of carbonyl (C=O) groups excluding carboxylic acids is 1. The van der Waals surface area contributed by atoms with Crippen molar-refractivity contribution in [3.63, 3.8) is 0 Å². The van der Waals surface area contributed by atoms with Crippen LogP contribution in [0.4, 0.5) is 0 Å². The van der Waals surface area contributed by atoms with Crippen LogP contribution in [-0.2, 0) is 9.53 Å². The molecular formula is C7H8Cl2O2. The molecule has 0 amide bonds. The quantitative estimate of drug-likeness (QED) is 0.363. The number of cyclic esters (lactones) is 1. The molecule has 0 aromatic heterocycles. The molecule has 0 bridgehead atoms. The number of halogens is 2. The van der Waals surface area contributed by atoms with Gasteiger partial charge in [0.1, 0.15) is 0 Å². The molecular weight excluding hydrogens is 187 g/mol. The Kier molecular flexibility index (Phi) is 2.79. The third kappa shape index (κ3) is 1.68. The van der Waals surface area contributed by atoms with Crippen LogP contribution in [0.5, 0.6) is 0 Å². The van der Waals surface area contributed by atoms with Crippen molar-refractivity contribution in [3.8, 4) is 0 Å². The van der Waals surface area contributed by atoms with Crippen LogP contribution in [0.3, 0.4) is 0 Å². The molecule has 11 heavy (non-hydrogen) atoms. The molecule has 1 fully saturated rings. The second kappa shape index (κ2) is 3.46. The lowest BCUT2D eigenvalue weighted by atomic mass is 10.1. The molecule has 0 aliphatic carbocycles. The first-order valence-corrected chi connectivity index (χ1v) is 4.17. The smallest absolute Gasteiger partial charge is 0.335 e. The Morgan fingerprint density at radius 1 is 1.82 bits per heavy atom. The molecule has 62 valence electrons. The van der Waals surface area contributed by atoms with Gasteiger partial charge in [0.2, 0.25) is 0 Å². The molecule has 1 aliphatic heterocycles. The van der Waals surface area contributed by atoms with Crippen molar-refractivity contribution < 1.29 is 9.53 Å². The van der Waals surface area contributed by atoms with Gasteiger partial charge in [0.15, 0.2) is 0 Å². The van der Waals surface area contributed by atoms with Gasteiger partial charge < -0.3 is 4.74 Å². The van der Waals surface area contributed by atoms with E-state index in [0.29, 0.717) is 23.1 Å². The third-order valence-corrected chi connectivity index (χ3v) is 2.18. The maximum absolute atomic E-state index is 11.0. The molecule has 2 nitrogen and oxygen atoms in total. The first kappa shape index (κ1) is 8.88. The lowest BCUT2D eigenvalue weighted by Gasteiger charge is -2.01. The Labute approximate surface area is 75.1 Å². The van der Waals surface area contributed by atoms with Gasteiger partial charge >= 0.3 is 5.97 Å². The normalized spacial score (nSPS) is 28.6. The average Bonchev–Trinajstić information content (AvgIpc) is 2.30. The molecule has 1 rings (SSSR count). The Morgan fingerprint density at radius 2 is 2.45 bits per heavy atom. The number of hydrogen-bond donors (Lipinski definition) is 0. The molecule has 4 heteroatoms. The standard InChI is InChI=1S/C7H8Cl2O2/c1-4(9)6-5(2-8)3-11-7(6)10/h5H,2-3H2,1H3/b6-4-/t5-/m0/s1. The summed E-state index contributed by atoms with van der Waals surface area (Å²) in [6.07, 6.45) is 0. The summed E-state index contributed by atoms with van der Waals surface area (Å²) in [5, 5.41) is 0.484. The van der Waals surface area contributed by atoms with Crippen LogP contribution in [0, 0.1) is 5.92 Å². The average molecular weight is 195 g/mol. The van der Waals surface area contributed by atoms with Crippen molar-refractivity contribution in [2.45, 2.75) is 6.92 Å². The number of hydrogen-bond acceptors (Lipinski definition) is 2. The van der Waals surface area contributed by atoms with E-state index in [2.05, 4.69) is 0 Å². The molecule has 0 aromatic carbocycles. The van der Waals surface area contributed by atoms with E-state index in [-0.39, 0.29) is 11.9 Å². The topological polar surface area (TPSA) is 26.3 Å². The summed E-state index contributed by atoms with van der Waals surface area (Å²) < 4.78 is 4.76. The Bertz CT molecular complexity index is 206. The van der Waals surface area contributed by atoms with Gasteiger partial charge in [0, 0.05) is 16.8 Å². The van der Waals surface area contributed by atoms with Crippen molar-refractivity contribution in [1.29, 1.82) is 0 Å². The maximum Gasteiger partial charge on any atom is 0.335 e. The number of carbonyl (C=O) groups is 1. The van der Waals surface area contributed by atoms with Gasteiger partial charge in [-0.25, -0.2) is 4.79 Å². The van der Waals surface area contributed by atoms with Gasteiger partial charge in [-0.05, 0) is 6.92 Å². The Morgan fingerprint density at radius 3 is 2.82 bits per heavy atom. The summed E-state index contributed by atoms with van der Waals surface area (Å²) in [4.78, 5) is 11.0. The zero-order chi connectivity index (χ0) is 8.43. The molecule has 0 spiro atoms. The number of allylic oxidation sites excluding steroid dienone is 1. The molecule has 0 N–H and O–H groups in total. The van der Waals surface area contributed by atoms with Crippen LogP contribution < -0.4 is 0 Å². The molecule has 1 aliphatic rings. The fourth-order valence-electron chi connectivity index (χ4n) is 1.05. The van der Waals surface area contributed by atoms with Crippen LogP contribution in [-0.4, -0.2) is 18.5 Å². The second-order valence-electron chi connectivity index (χ2n) is 2.40. The van der Waals surface area contributed by atoms with Crippen molar-refractivity contribution in [2.75, 3.05) is 12.5 Å². The fraction of sp³-hybridized carbons (Fsp3) is 0.571. The van der Waals surface area contributed by atoms with Crippen molar-refractivity contribution >= 4 is 29.2 Å². The highest BCUT2D eigenvalue weighted by atomic mass is 35.5. The summed E-state index contributed by atoms with van der Waals surface area (Å²) in [5.74, 6) is 0.0234. The van der Waals surface area contributed by atoms with E-state index in [1.54, 1.807) is 6.92 Å². The molecule has 0 aromatic rings. The van der Waals surface area contributed by atoms with Crippen molar-refractivity contribution in [3.05, 3.63) is 10.6 Å². The molecule has 0 saturated carbocycles. The fourth-order valence-corrected chi connectivity index (χ4v) is 1.52. The van der Waals surface area contributed by atoms with Crippen LogP contribution >= 0.6 is 23.2 Å². The predicted octanol–water partition coefficient (Wildman–Crippen LogP) is 1.91. The monoisotopic (exact) mass is 194 g/mol. The van der Waals surface area contributed by atoms with Gasteiger partial charge in [0.25, 0.3) is 0 Å². The van der Waals surface area contributed by atoms with Gasteiger partial charge in [-0.2, -0.15) is 0 Å². The summed E-state index contributed by atoms with van der Waals surface area (Å²) >= 11 is 11.3. The minimum Gasteiger partial charge on any atom is -0.462 e. The summed E-state index contributed by atoms with van der Waals surface area (Å²) in [6, 6.07) is 0. The van der Waals surface area contributed by atoms with Gasteiger partial charge in [-0.15, -0.1) is 11.6 Å². The minimum atomic E-state index is -0.330. The molecule has 0 unspecified atom stereocenters. The number of ether oxygens (including phenoxy) is 1. The van der Waals surface area contributed by atoms with Gasteiger partial charge in [-0.3, -0.25) is 0 Å². The number of rotatable bonds is 1. The van der Waals surface area contributed by atoms with E-state index >= 15 is 0 Å². The van der Waals surface area contributed by atoms with Crippen LogP contribution in [0.15, 0.2) is 10.6 Å². The first-order valence-electron chi connectivity index (χ1n) is 3.26. The van der Waals surface area contributed by atoms with Crippen LogP contribution in [0.25, 0.3) is 0 Å². The third-order valence-electron chi connectivity index (χ3n) is 1.60. The van der Waals surface area contributed by atoms with E-state index in [1.165, 1.54) is 0 Å². The van der Waals surface area contributed by atoms with E-state index in [4.69, 9.17) is 27.9 Å². The van der Waals surface area contributed by atoms with E-state index < -0.39 is 0 Å². The van der Waals surface area contributed by atoms with E-state index in [1.807, 2.05) is 0 Å². The zero-order valence-corrected chi connectivity index (χ0v) is 7.58. The SMILES string of the molecule is C/C(Cl)=C1/C(=O)OC[C@@H]1CCl. The number of alkyl halides is 1. The highest BCUT2D eigenvalue weighted by Gasteiger charge is 2.31. The molecule has 1 heterocycles. The molecule has 1 saturated heterocycles. The van der Waals surface area contributed by atoms with Crippen molar-refractivity contribution in [1.82, 2.24) is 0 Å². The summed E-state index contributed by atoms with van der Waals surface area (Å²) in [5.41, 5.74) is 0.529. The van der Waals surface area contributed by atoms with Crippen molar-refractivity contribution in [2.24, 2.45) is 5.92 Å². The van der Waals surface area contributed by atoms with Gasteiger partial charge in [-0.1, -0.05) is 11.6 Å². The van der Waals surface area contributed by atoms with Crippen LogP contribution in [0.2, 0.25) is 0 Å². The lowest BCUT2D eigenvalue weighted by molar-refractivity contribution is -0.135. The summed E-state index contributed by atoms with van der Waals surface area (Å²) in [6.45, 7) is 2.03. The zero-order valence-electron chi connectivity index (χ0n) is 6.06. The highest BCUT2D eigenvalue weighted by molar-refractivity contribution is 6.31. The van der Waals surface area contributed by atoms with E-state index in [0.717, 1.165) is 0 Å². The first-order chi connectivity index (χ1) is 5.16. The Hall–Kier alpha value is -0.210. The van der Waals surface area contributed by atoms with Gasteiger partial charge in [0.05, 0.1) is 12.2 Å². The Balaban J connectivity index is 2.89. The van der Waals surface area contributed by atoms with Crippen LogP contribution in [0.1, 0.15) is 6.92 Å². The number of esters is 1. The second-order valence-corrected chi connectivity index (χ2v) is 3.27. The largest absolute Gasteiger partial charge is 0.462 e. The summed E-state index contributed by atoms with van der Waals surface area (Å²) in [7, 11) is 0. The minimum absolute atomic E-state index is 0.0262. The maximum atomic E-state index is 11.0. The molecule has 0 radical (unpaired) electrons. The van der Waals surface area contributed by atoms with E-state index in [9.17, 15) is 4.79 Å². The highest BCUT2D eigenvalue weighted by Crippen LogP contribution is 2.26. The predicted molar refractivity (Wildman–Crippen MR) is 43.7 cm³/mol. The lowest BCUT2D eigenvalue weighted by Crippen LogP contribution is -2.05.